The van der Waals surface area contributed by atoms with Gasteiger partial charge in [-0.15, -0.1) is 0 Å². The molecule has 0 aliphatic carbocycles. The van der Waals surface area contributed by atoms with Crippen LogP contribution in [0.25, 0.3) is 0 Å². The molecule has 0 radical (unpaired) electrons. The number of hydrogen-bond acceptors (Lipinski definition) is 7. The van der Waals surface area contributed by atoms with Crippen molar-refractivity contribution in [3.8, 4) is 5.75 Å². The number of fused-ring (bicyclic) bond motifs is 2. The molecule has 34 heavy (non-hydrogen) atoms. The Hall–Kier alpha value is -1.85. The lowest BCUT2D eigenvalue weighted by Gasteiger charge is -2.50. The SMILES string of the molecule is CC(C)(O)[C@]12CO[C@@](c3ccc(Cl)c(Cc4ccc(OCC(F)F)cc4)c3)(O1)[C@H](O)[C@@H](O)[C@@H]2O. The molecule has 4 rings (SSSR count). The third-order valence-corrected chi connectivity index (χ3v) is 6.90. The lowest BCUT2D eigenvalue weighted by molar-refractivity contribution is -0.348. The summed E-state index contributed by atoms with van der Waals surface area (Å²) in [5.74, 6) is -1.51. The normalized spacial score (nSPS) is 31.2. The van der Waals surface area contributed by atoms with Gasteiger partial charge in [0.15, 0.2) is 5.60 Å². The van der Waals surface area contributed by atoms with E-state index in [2.05, 4.69) is 0 Å². The van der Waals surface area contributed by atoms with Gasteiger partial charge in [-0.05, 0) is 55.7 Å². The van der Waals surface area contributed by atoms with E-state index in [1.54, 1.807) is 42.5 Å². The fourth-order valence-corrected chi connectivity index (χ4v) is 4.68. The molecule has 2 aromatic rings. The fourth-order valence-electron chi connectivity index (χ4n) is 4.49. The van der Waals surface area contributed by atoms with Gasteiger partial charge in [0.25, 0.3) is 6.43 Å². The maximum absolute atomic E-state index is 12.3. The molecular weight excluding hydrogens is 474 g/mol. The van der Waals surface area contributed by atoms with Crippen molar-refractivity contribution in [1.82, 2.24) is 0 Å². The molecule has 4 N–H and O–H groups in total. The van der Waals surface area contributed by atoms with Crippen LogP contribution in [-0.2, 0) is 21.7 Å². The maximum atomic E-state index is 12.3. The highest BCUT2D eigenvalue weighted by atomic mass is 35.5. The van der Waals surface area contributed by atoms with Crippen LogP contribution in [-0.4, -0.2) is 69.6 Å². The summed E-state index contributed by atoms with van der Waals surface area (Å²) >= 11 is 6.41. The van der Waals surface area contributed by atoms with Gasteiger partial charge >= 0.3 is 0 Å². The number of ether oxygens (including phenoxy) is 3. The first-order chi connectivity index (χ1) is 15.9. The maximum Gasteiger partial charge on any atom is 0.272 e. The van der Waals surface area contributed by atoms with E-state index in [1.165, 1.54) is 13.8 Å². The van der Waals surface area contributed by atoms with Crippen molar-refractivity contribution >= 4 is 11.6 Å². The first-order valence-electron chi connectivity index (χ1n) is 10.8. The van der Waals surface area contributed by atoms with Crippen LogP contribution in [0, 0.1) is 0 Å². The van der Waals surface area contributed by atoms with E-state index in [0.29, 0.717) is 28.3 Å². The Morgan fingerprint density at radius 1 is 1.12 bits per heavy atom. The van der Waals surface area contributed by atoms with Gasteiger partial charge in [0.05, 0.1) is 12.2 Å². The summed E-state index contributed by atoms with van der Waals surface area (Å²) in [5, 5.41) is 43.2. The number of hydrogen-bond donors (Lipinski definition) is 4. The van der Waals surface area contributed by atoms with Crippen molar-refractivity contribution in [2.24, 2.45) is 0 Å². The summed E-state index contributed by atoms with van der Waals surface area (Å²) in [5.41, 5.74) is -1.44. The second kappa shape index (κ2) is 8.98. The predicted octanol–water partition coefficient (Wildman–Crippen LogP) is 2.38. The van der Waals surface area contributed by atoms with E-state index < -0.39 is 48.3 Å². The number of aliphatic hydroxyl groups excluding tert-OH is 3. The average Bonchev–Trinajstić information content (AvgIpc) is 3.18. The zero-order valence-corrected chi connectivity index (χ0v) is 19.4. The Kier molecular flexibility index (Phi) is 6.67. The summed E-state index contributed by atoms with van der Waals surface area (Å²) in [6.07, 6.45) is -7.07. The van der Waals surface area contributed by atoms with Gasteiger partial charge in [0.1, 0.15) is 30.7 Å². The minimum Gasteiger partial charge on any atom is -0.488 e. The highest BCUT2D eigenvalue weighted by molar-refractivity contribution is 6.31. The number of halogens is 3. The van der Waals surface area contributed by atoms with E-state index in [4.69, 9.17) is 25.8 Å². The summed E-state index contributed by atoms with van der Waals surface area (Å²) < 4.78 is 41.6. The number of rotatable bonds is 7. The minimum absolute atomic E-state index is 0.260. The van der Waals surface area contributed by atoms with Crippen molar-refractivity contribution in [2.75, 3.05) is 13.2 Å². The lowest BCUT2D eigenvalue weighted by Crippen LogP contribution is -2.70. The molecule has 0 aromatic heterocycles. The molecule has 2 saturated heterocycles. The second-order valence-corrected chi connectivity index (χ2v) is 9.62. The van der Waals surface area contributed by atoms with Crippen LogP contribution in [0.5, 0.6) is 5.75 Å². The predicted molar refractivity (Wildman–Crippen MR) is 118 cm³/mol. The van der Waals surface area contributed by atoms with Crippen molar-refractivity contribution in [2.45, 2.75) is 62.0 Å². The van der Waals surface area contributed by atoms with E-state index in [-0.39, 0.29) is 6.61 Å². The summed E-state index contributed by atoms with van der Waals surface area (Å²) in [6.45, 7) is 1.91. The Morgan fingerprint density at radius 3 is 2.41 bits per heavy atom. The van der Waals surface area contributed by atoms with Gasteiger partial charge < -0.3 is 34.6 Å². The molecule has 2 bridgehead atoms. The molecule has 0 amide bonds. The van der Waals surface area contributed by atoms with Crippen molar-refractivity contribution in [3.05, 3.63) is 64.2 Å². The third kappa shape index (κ3) is 4.19. The molecule has 5 atom stereocenters. The van der Waals surface area contributed by atoms with E-state index in [0.717, 1.165) is 5.56 Å². The molecule has 0 saturated carbocycles. The van der Waals surface area contributed by atoms with Gasteiger partial charge in [-0.25, -0.2) is 8.78 Å². The lowest BCUT2D eigenvalue weighted by atomic mass is 9.75. The Labute approximate surface area is 200 Å². The fraction of sp³-hybridized carbons (Fsp3) is 0.500. The molecule has 186 valence electrons. The van der Waals surface area contributed by atoms with Crippen LogP contribution in [0.1, 0.15) is 30.5 Å². The molecule has 2 fully saturated rings. The molecule has 2 aliphatic heterocycles. The van der Waals surface area contributed by atoms with E-state index in [9.17, 15) is 29.2 Å². The summed E-state index contributed by atoms with van der Waals surface area (Å²) in [4.78, 5) is 0. The first-order valence-corrected chi connectivity index (χ1v) is 11.2. The Morgan fingerprint density at radius 2 is 1.79 bits per heavy atom. The van der Waals surface area contributed by atoms with E-state index in [1.807, 2.05) is 0 Å². The van der Waals surface area contributed by atoms with Crippen molar-refractivity contribution < 1.29 is 43.4 Å². The van der Waals surface area contributed by atoms with Gasteiger partial charge in [-0.2, -0.15) is 0 Å². The average molecular weight is 501 g/mol. The number of benzene rings is 2. The zero-order chi connectivity index (χ0) is 24.9. The molecule has 7 nitrogen and oxygen atoms in total. The highest BCUT2D eigenvalue weighted by Crippen LogP contribution is 2.53. The van der Waals surface area contributed by atoms with Crippen LogP contribution in [0.3, 0.4) is 0 Å². The minimum atomic E-state index is -2.56. The largest absolute Gasteiger partial charge is 0.488 e. The second-order valence-electron chi connectivity index (χ2n) is 9.22. The Bertz CT molecular complexity index is 1030. The number of alkyl halides is 2. The molecule has 2 aromatic carbocycles. The highest BCUT2D eigenvalue weighted by Gasteiger charge is 2.71. The summed E-state index contributed by atoms with van der Waals surface area (Å²) in [6, 6.07) is 11.5. The molecule has 10 heteroatoms. The topological polar surface area (TPSA) is 109 Å². The number of aliphatic hydroxyl groups is 4. The molecule has 0 unspecified atom stereocenters. The van der Waals surface area contributed by atoms with Gasteiger partial charge in [-0.1, -0.05) is 29.8 Å². The quantitative estimate of drug-likeness (QED) is 0.462. The van der Waals surface area contributed by atoms with Crippen LogP contribution in [0.2, 0.25) is 5.02 Å². The van der Waals surface area contributed by atoms with Crippen LogP contribution < -0.4 is 4.74 Å². The smallest absolute Gasteiger partial charge is 0.272 e. The van der Waals surface area contributed by atoms with Gasteiger partial charge in [0.2, 0.25) is 5.79 Å². The standard InChI is InChI=1S/C24H27ClF2O7/c1-22(2,31)23-12-33-24(34-23,21(30)19(28)20(23)29)15-5-8-17(25)14(10-15)9-13-3-6-16(7-4-13)32-11-18(26)27/h3-8,10,18-21,28-31H,9,11-12H2,1-2H3/t19-,20-,21+,23+,24-/m0/s1. The third-order valence-electron chi connectivity index (χ3n) is 6.53. The van der Waals surface area contributed by atoms with E-state index >= 15 is 0 Å². The summed E-state index contributed by atoms with van der Waals surface area (Å²) in [7, 11) is 0. The first kappa shape index (κ1) is 25.2. The molecule has 2 heterocycles. The van der Waals surface area contributed by atoms with Gasteiger partial charge in [-0.3, -0.25) is 0 Å². The molecular formula is C24H27ClF2O7. The Balaban J connectivity index is 1.63. The van der Waals surface area contributed by atoms with Crippen LogP contribution in [0.4, 0.5) is 8.78 Å². The van der Waals surface area contributed by atoms with Crippen LogP contribution in [0.15, 0.2) is 42.5 Å². The molecule has 0 spiro atoms. The van der Waals surface area contributed by atoms with Crippen molar-refractivity contribution in [1.29, 1.82) is 0 Å². The van der Waals surface area contributed by atoms with Crippen molar-refractivity contribution in [3.63, 3.8) is 0 Å². The monoisotopic (exact) mass is 500 g/mol. The van der Waals surface area contributed by atoms with Gasteiger partial charge in [0, 0.05) is 10.6 Å². The molecule has 2 aliphatic rings. The zero-order valence-electron chi connectivity index (χ0n) is 18.6. The van der Waals surface area contributed by atoms with Crippen LogP contribution >= 0.6 is 11.6 Å².